The Morgan fingerprint density at radius 2 is 2.07 bits per heavy atom. The van der Waals surface area contributed by atoms with Crippen molar-refractivity contribution in [3.8, 4) is 10.7 Å². The molecule has 5 nitrogen and oxygen atoms in total. The van der Waals surface area contributed by atoms with E-state index in [0.29, 0.717) is 18.2 Å². The summed E-state index contributed by atoms with van der Waals surface area (Å²) in [5, 5.41) is 11.3. The van der Waals surface area contributed by atoms with Crippen LogP contribution >= 0.6 is 34.9 Å². The lowest BCUT2D eigenvalue weighted by molar-refractivity contribution is -0.128. The smallest absolute Gasteiger partial charge is 0.234 e. The zero-order valence-electron chi connectivity index (χ0n) is 15.5. The van der Waals surface area contributed by atoms with Gasteiger partial charge in [0.2, 0.25) is 5.91 Å². The molecule has 1 saturated heterocycles. The highest BCUT2D eigenvalue weighted by Crippen LogP contribution is 2.42. The van der Waals surface area contributed by atoms with Crippen LogP contribution in [0.15, 0.2) is 46.9 Å². The van der Waals surface area contributed by atoms with Crippen LogP contribution in [0.4, 0.5) is 4.39 Å². The third-order valence-corrected chi connectivity index (χ3v) is 8.06. The summed E-state index contributed by atoms with van der Waals surface area (Å²) < 4.78 is 16.4. The first-order valence-electron chi connectivity index (χ1n) is 9.49. The Morgan fingerprint density at radius 3 is 2.83 bits per heavy atom. The number of halogens is 1. The highest BCUT2D eigenvalue weighted by atomic mass is 32.2. The van der Waals surface area contributed by atoms with E-state index in [9.17, 15) is 9.18 Å². The molecule has 1 aromatic carbocycles. The normalized spacial score (nSPS) is 19.1. The summed E-state index contributed by atoms with van der Waals surface area (Å²) in [7, 11) is 0. The Bertz CT molecular complexity index is 1020. The molecule has 2 aromatic heterocycles. The summed E-state index contributed by atoms with van der Waals surface area (Å²) in [6, 6.07) is 11.2. The minimum Gasteiger partial charge on any atom is -0.325 e. The van der Waals surface area contributed by atoms with E-state index in [1.54, 1.807) is 40.1 Å². The quantitative estimate of drug-likeness (QED) is 0.507. The summed E-state index contributed by atoms with van der Waals surface area (Å²) in [4.78, 5) is 15.8. The largest absolute Gasteiger partial charge is 0.325 e. The number of rotatable bonds is 6. The van der Waals surface area contributed by atoms with E-state index in [-0.39, 0.29) is 22.9 Å². The van der Waals surface area contributed by atoms with Crippen LogP contribution in [0.1, 0.15) is 29.8 Å². The number of carbonyl (C=O) groups is 1. The van der Waals surface area contributed by atoms with E-state index in [4.69, 9.17) is 0 Å². The standard InChI is InChI=1S/C20H19FN4OS3/c21-15-5-2-1-4-14(15)19-24(9-11-28-19)17(26)12-29-20-23-22-18(16-6-3-10-27-16)25(20)13-7-8-13/h1-6,10,13,19H,7-9,11-12H2/t19-/m0/s1. The van der Waals surface area contributed by atoms with Crippen molar-refractivity contribution in [1.29, 1.82) is 0 Å². The van der Waals surface area contributed by atoms with Crippen molar-refractivity contribution in [1.82, 2.24) is 19.7 Å². The van der Waals surface area contributed by atoms with Gasteiger partial charge >= 0.3 is 0 Å². The van der Waals surface area contributed by atoms with E-state index >= 15 is 0 Å². The molecule has 2 aliphatic rings. The molecule has 1 amide bonds. The molecule has 3 aromatic rings. The lowest BCUT2D eigenvalue weighted by atomic mass is 10.2. The number of carbonyl (C=O) groups excluding carboxylic acids is 1. The molecule has 5 rings (SSSR count). The van der Waals surface area contributed by atoms with Crippen molar-refractivity contribution in [2.24, 2.45) is 0 Å². The molecule has 150 valence electrons. The predicted molar refractivity (Wildman–Crippen MR) is 116 cm³/mol. The fourth-order valence-electron chi connectivity index (χ4n) is 3.48. The van der Waals surface area contributed by atoms with E-state index < -0.39 is 0 Å². The Hall–Kier alpha value is -1.84. The van der Waals surface area contributed by atoms with Crippen molar-refractivity contribution in [2.75, 3.05) is 18.1 Å². The summed E-state index contributed by atoms with van der Waals surface area (Å²) >= 11 is 4.69. The highest BCUT2D eigenvalue weighted by Gasteiger charge is 2.34. The highest BCUT2D eigenvalue weighted by molar-refractivity contribution is 8.00. The first kappa shape index (κ1) is 19.1. The van der Waals surface area contributed by atoms with Crippen molar-refractivity contribution in [3.63, 3.8) is 0 Å². The summed E-state index contributed by atoms with van der Waals surface area (Å²) in [5.41, 5.74) is 0.578. The van der Waals surface area contributed by atoms with Gasteiger partial charge in [0.1, 0.15) is 11.2 Å². The van der Waals surface area contributed by atoms with Crippen LogP contribution in [-0.4, -0.2) is 43.6 Å². The number of hydrogen-bond donors (Lipinski definition) is 0. The van der Waals surface area contributed by atoms with Gasteiger partial charge in [-0.1, -0.05) is 36.0 Å². The molecule has 0 N–H and O–H groups in total. The third-order valence-electron chi connectivity index (χ3n) is 5.03. The van der Waals surface area contributed by atoms with Gasteiger partial charge in [-0.3, -0.25) is 9.36 Å². The number of amides is 1. The van der Waals surface area contributed by atoms with Crippen LogP contribution in [0, 0.1) is 5.82 Å². The lowest BCUT2D eigenvalue weighted by Crippen LogP contribution is -2.32. The second kappa shape index (κ2) is 8.12. The Balaban J connectivity index is 1.32. The second-order valence-corrected chi connectivity index (χ2v) is 10.1. The minimum atomic E-state index is -0.258. The van der Waals surface area contributed by atoms with Crippen LogP contribution in [0.5, 0.6) is 0 Å². The average molecular weight is 447 g/mol. The maximum atomic E-state index is 14.2. The predicted octanol–water partition coefficient (Wildman–Crippen LogP) is 4.85. The molecule has 1 saturated carbocycles. The lowest BCUT2D eigenvalue weighted by Gasteiger charge is -2.24. The van der Waals surface area contributed by atoms with Crippen LogP contribution in [0.2, 0.25) is 0 Å². The topological polar surface area (TPSA) is 51.0 Å². The number of thiophene rings is 1. The van der Waals surface area contributed by atoms with Crippen LogP contribution in [0.25, 0.3) is 10.7 Å². The summed E-state index contributed by atoms with van der Waals surface area (Å²) in [6.45, 7) is 0.638. The maximum absolute atomic E-state index is 14.2. The van der Waals surface area contributed by atoms with E-state index in [0.717, 1.165) is 34.5 Å². The zero-order chi connectivity index (χ0) is 19.8. The first-order valence-corrected chi connectivity index (χ1v) is 12.4. The van der Waals surface area contributed by atoms with Gasteiger partial charge in [-0.15, -0.1) is 33.3 Å². The Labute approximate surface area is 180 Å². The molecule has 9 heteroatoms. The number of hydrogen-bond acceptors (Lipinski definition) is 6. The van der Waals surface area contributed by atoms with Crippen molar-refractivity contribution < 1.29 is 9.18 Å². The third kappa shape index (κ3) is 3.83. The van der Waals surface area contributed by atoms with Crippen molar-refractivity contribution in [2.45, 2.75) is 29.4 Å². The number of nitrogens with zero attached hydrogens (tertiary/aromatic N) is 4. The van der Waals surface area contributed by atoms with E-state index in [2.05, 4.69) is 14.8 Å². The van der Waals surface area contributed by atoms with Gasteiger partial charge in [0, 0.05) is 23.9 Å². The molecule has 2 fully saturated rings. The van der Waals surface area contributed by atoms with Crippen LogP contribution < -0.4 is 0 Å². The van der Waals surface area contributed by atoms with E-state index in [1.807, 2.05) is 23.6 Å². The van der Waals surface area contributed by atoms with Gasteiger partial charge in [0.05, 0.1) is 10.6 Å². The van der Waals surface area contributed by atoms with Crippen molar-refractivity contribution in [3.05, 3.63) is 53.2 Å². The van der Waals surface area contributed by atoms with Gasteiger partial charge in [0.25, 0.3) is 0 Å². The average Bonchev–Trinajstić information content (AvgIpc) is 3.16. The van der Waals surface area contributed by atoms with Crippen LogP contribution in [0.3, 0.4) is 0 Å². The monoisotopic (exact) mass is 446 g/mol. The fraction of sp³-hybridized carbons (Fsp3) is 0.350. The second-order valence-electron chi connectivity index (χ2n) is 7.01. The van der Waals surface area contributed by atoms with Crippen LogP contribution in [-0.2, 0) is 4.79 Å². The number of aromatic nitrogens is 3. The minimum absolute atomic E-state index is 0.0104. The summed E-state index contributed by atoms with van der Waals surface area (Å²) in [5.74, 6) is 1.73. The summed E-state index contributed by atoms with van der Waals surface area (Å²) in [6.07, 6.45) is 2.24. The zero-order valence-corrected chi connectivity index (χ0v) is 18.0. The van der Waals surface area contributed by atoms with Gasteiger partial charge in [-0.05, 0) is 30.4 Å². The van der Waals surface area contributed by atoms with Gasteiger partial charge in [0.15, 0.2) is 11.0 Å². The molecule has 3 heterocycles. The van der Waals surface area contributed by atoms with Gasteiger partial charge in [-0.2, -0.15) is 0 Å². The molecule has 0 bridgehead atoms. The number of benzene rings is 1. The maximum Gasteiger partial charge on any atom is 0.234 e. The molecule has 0 spiro atoms. The molecule has 29 heavy (non-hydrogen) atoms. The van der Waals surface area contributed by atoms with Gasteiger partial charge < -0.3 is 4.90 Å². The van der Waals surface area contributed by atoms with E-state index in [1.165, 1.54) is 17.8 Å². The molecule has 1 aliphatic carbocycles. The molecular weight excluding hydrogens is 427 g/mol. The molecule has 0 unspecified atom stereocenters. The molecule has 1 aliphatic heterocycles. The fourth-order valence-corrected chi connectivity index (χ4v) is 6.37. The van der Waals surface area contributed by atoms with Crippen molar-refractivity contribution >= 4 is 40.8 Å². The molecule has 1 atom stereocenters. The molecule has 0 radical (unpaired) electrons. The Morgan fingerprint density at radius 1 is 1.21 bits per heavy atom. The van der Waals surface area contributed by atoms with Gasteiger partial charge in [-0.25, -0.2) is 4.39 Å². The Kier molecular flexibility index (Phi) is 5.36. The first-order chi connectivity index (χ1) is 14.2. The SMILES string of the molecule is O=C(CSc1nnc(-c2cccs2)n1C1CC1)N1CCS[C@H]1c1ccccc1F. The molecular formula is C20H19FN4OS3. The number of thioether (sulfide) groups is 2.